The van der Waals surface area contributed by atoms with E-state index >= 15 is 0 Å². The van der Waals surface area contributed by atoms with E-state index in [0.717, 1.165) is 35.3 Å². The molecule has 0 aromatic heterocycles. The zero-order valence-corrected chi connectivity index (χ0v) is 10.5. The van der Waals surface area contributed by atoms with Gasteiger partial charge in [0.15, 0.2) is 5.78 Å². The highest BCUT2D eigenvalue weighted by Gasteiger charge is 2.22. The van der Waals surface area contributed by atoms with E-state index in [1.54, 1.807) is 7.11 Å². The molecule has 3 nitrogen and oxygen atoms in total. The molecular weight excluding hydrogens is 214 g/mol. The first-order chi connectivity index (χ1) is 8.11. The first-order valence-electron chi connectivity index (χ1n) is 5.70. The minimum Gasteiger partial charge on any atom is -0.497 e. The van der Waals surface area contributed by atoms with Crippen LogP contribution in [-0.2, 0) is 6.42 Å². The Morgan fingerprint density at radius 1 is 1.29 bits per heavy atom. The molecule has 0 spiro atoms. The third-order valence-electron chi connectivity index (χ3n) is 2.93. The average Bonchev–Trinajstić information content (AvgIpc) is 2.32. The third kappa shape index (κ3) is 2.33. The lowest BCUT2D eigenvalue weighted by molar-refractivity contribution is 0.102. The molecule has 3 heteroatoms. The molecule has 2 rings (SSSR count). The molecule has 1 aliphatic carbocycles. The van der Waals surface area contributed by atoms with Crippen LogP contribution in [0.2, 0.25) is 0 Å². The van der Waals surface area contributed by atoms with E-state index in [2.05, 4.69) is 0 Å². The van der Waals surface area contributed by atoms with Gasteiger partial charge in [-0.2, -0.15) is 0 Å². The lowest BCUT2D eigenvalue weighted by Gasteiger charge is -2.19. The van der Waals surface area contributed by atoms with Gasteiger partial charge in [-0.05, 0) is 30.5 Å². The maximum Gasteiger partial charge on any atom is 0.190 e. The van der Waals surface area contributed by atoms with Gasteiger partial charge in [-0.15, -0.1) is 0 Å². The van der Waals surface area contributed by atoms with Crippen LogP contribution in [0.15, 0.2) is 30.0 Å². The van der Waals surface area contributed by atoms with Crippen molar-refractivity contribution in [2.75, 3.05) is 21.2 Å². The zero-order valence-electron chi connectivity index (χ0n) is 10.5. The number of allylic oxidation sites excluding steroid dienone is 1. The number of carbonyl (C=O) groups is 1. The summed E-state index contributed by atoms with van der Waals surface area (Å²) in [6, 6.07) is 5.73. The van der Waals surface area contributed by atoms with E-state index in [9.17, 15) is 4.79 Å². The van der Waals surface area contributed by atoms with Crippen molar-refractivity contribution in [1.82, 2.24) is 4.90 Å². The van der Waals surface area contributed by atoms with E-state index in [4.69, 9.17) is 4.74 Å². The summed E-state index contributed by atoms with van der Waals surface area (Å²) in [5.74, 6) is 0.863. The molecule has 0 heterocycles. The number of fused-ring (bicyclic) bond motifs is 1. The Labute approximate surface area is 102 Å². The van der Waals surface area contributed by atoms with Gasteiger partial charge in [-0.1, -0.05) is 6.07 Å². The maximum absolute atomic E-state index is 12.3. The molecule has 0 unspecified atom stereocenters. The van der Waals surface area contributed by atoms with Crippen LogP contribution < -0.4 is 4.74 Å². The summed E-state index contributed by atoms with van der Waals surface area (Å²) in [6.45, 7) is 0. The standard InChI is InChI=1S/C14H17NO2/c1-15(2)9-11-5-4-10-6-7-12(17-3)8-13(10)14(11)16/h6-9H,4-5H2,1-3H3/b11-9+. The molecule has 0 saturated carbocycles. The minimum absolute atomic E-state index is 0.124. The molecule has 0 aliphatic heterocycles. The summed E-state index contributed by atoms with van der Waals surface area (Å²) in [4.78, 5) is 14.2. The number of ketones is 1. The fourth-order valence-electron chi connectivity index (χ4n) is 2.10. The van der Waals surface area contributed by atoms with E-state index in [0.29, 0.717) is 0 Å². The number of hydrogen-bond acceptors (Lipinski definition) is 3. The number of rotatable bonds is 2. The van der Waals surface area contributed by atoms with Crippen molar-refractivity contribution in [3.63, 3.8) is 0 Å². The number of methoxy groups -OCH3 is 1. The number of benzene rings is 1. The summed E-state index contributed by atoms with van der Waals surface area (Å²) in [6.07, 6.45) is 3.64. The fourth-order valence-corrected chi connectivity index (χ4v) is 2.10. The van der Waals surface area contributed by atoms with Gasteiger partial charge in [0.25, 0.3) is 0 Å². The molecule has 0 fully saturated rings. The Morgan fingerprint density at radius 3 is 2.71 bits per heavy atom. The summed E-state index contributed by atoms with van der Waals surface area (Å²) in [5.41, 5.74) is 2.77. The van der Waals surface area contributed by atoms with Gasteiger partial charge in [0.2, 0.25) is 0 Å². The Morgan fingerprint density at radius 2 is 2.06 bits per heavy atom. The molecule has 17 heavy (non-hydrogen) atoms. The van der Waals surface area contributed by atoms with E-state index in [-0.39, 0.29) is 5.78 Å². The number of Topliss-reactive ketones (excluding diaryl/α,β-unsaturated/α-hetero) is 1. The molecule has 0 N–H and O–H groups in total. The smallest absolute Gasteiger partial charge is 0.190 e. The van der Waals surface area contributed by atoms with Crippen LogP contribution in [0.25, 0.3) is 0 Å². The number of aryl methyl sites for hydroxylation is 1. The summed E-state index contributed by atoms with van der Waals surface area (Å²) >= 11 is 0. The van der Waals surface area contributed by atoms with Crippen molar-refractivity contribution in [1.29, 1.82) is 0 Å². The predicted molar refractivity (Wildman–Crippen MR) is 67.4 cm³/mol. The van der Waals surface area contributed by atoms with E-state index in [1.807, 2.05) is 43.4 Å². The lowest BCUT2D eigenvalue weighted by atomic mass is 9.87. The first kappa shape index (κ1) is 11.7. The molecule has 1 aromatic rings. The monoisotopic (exact) mass is 231 g/mol. The normalized spacial score (nSPS) is 16.9. The second-order valence-corrected chi connectivity index (χ2v) is 4.47. The molecule has 90 valence electrons. The highest BCUT2D eigenvalue weighted by atomic mass is 16.5. The highest BCUT2D eigenvalue weighted by Crippen LogP contribution is 2.28. The number of hydrogen-bond donors (Lipinski definition) is 0. The van der Waals surface area contributed by atoms with Gasteiger partial charge >= 0.3 is 0 Å². The van der Waals surface area contributed by atoms with Gasteiger partial charge in [-0.25, -0.2) is 0 Å². The second kappa shape index (κ2) is 4.62. The number of ether oxygens (including phenoxy) is 1. The van der Waals surface area contributed by atoms with Crippen LogP contribution in [0.5, 0.6) is 5.75 Å². The van der Waals surface area contributed by atoms with Crippen LogP contribution in [0.1, 0.15) is 22.3 Å². The fraction of sp³-hybridized carbons (Fsp3) is 0.357. The topological polar surface area (TPSA) is 29.5 Å². The molecular formula is C14H17NO2. The number of carbonyl (C=O) groups excluding carboxylic acids is 1. The highest BCUT2D eigenvalue weighted by molar-refractivity contribution is 6.10. The summed E-state index contributed by atoms with van der Waals surface area (Å²) < 4.78 is 5.16. The van der Waals surface area contributed by atoms with Gasteiger partial charge in [0.1, 0.15) is 5.75 Å². The Hall–Kier alpha value is -1.77. The van der Waals surface area contributed by atoms with Crippen molar-refractivity contribution in [3.05, 3.63) is 41.1 Å². The van der Waals surface area contributed by atoms with Gasteiger partial charge in [0.05, 0.1) is 7.11 Å². The second-order valence-electron chi connectivity index (χ2n) is 4.47. The lowest BCUT2D eigenvalue weighted by Crippen LogP contribution is -2.17. The van der Waals surface area contributed by atoms with Gasteiger partial charge in [-0.3, -0.25) is 4.79 Å². The molecule has 0 radical (unpaired) electrons. The Kier molecular flexibility index (Phi) is 3.18. The van der Waals surface area contributed by atoms with Crippen LogP contribution in [-0.4, -0.2) is 31.9 Å². The number of nitrogens with zero attached hydrogens (tertiary/aromatic N) is 1. The van der Waals surface area contributed by atoms with E-state index in [1.165, 1.54) is 0 Å². The van der Waals surface area contributed by atoms with Crippen molar-refractivity contribution in [3.8, 4) is 5.75 Å². The SMILES string of the molecule is COc1ccc2c(c1)C(=O)/C(=C/N(C)C)CC2. The first-order valence-corrected chi connectivity index (χ1v) is 5.70. The van der Waals surface area contributed by atoms with Gasteiger partial charge < -0.3 is 9.64 Å². The van der Waals surface area contributed by atoms with Crippen molar-refractivity contribution >= 4 is 5.78 Å². The molecule has 0 atom stereocenters. The molecule has 0 saturated heterocycles. The van der Waals surface area contributed by atoms with Crippen molar-refractivity contribution in [2.24, 2.45) is 0 Å². The van der Waals surface area contributed by atoms with Crippen molar-refractivity contribution < 1.29 is 9.53 Å². The largest absolute Gasteiger partial charge is 0.497 e. The van der Waals surface area contributed by atoms with Gasteiger partial charge in [0, 0.05) is 31.4 Å². The molecule has 1 aliphatic rings. The maximum atomic E-state index is 12.3. The molecule has 0 bridgehead atoms. The summed E-state index contributed by atoms with van der Waals surface area (Å²) in [7, 11) is 5.48. The predicted octanol–water partition coefficient (Wildman–Crippen LogP) is 2.27. The minimum atomic E-state index is 0.124. The zero-order chi connectivity index (χ0) is 12.4. The molecule has 1 aromatic carbocycles. The Bertz CT molecular complexity index is 475. The van der Waals surface area contributed by atoms with Crippen molar-refractivity contribution in [2.45, 2.75) is 12.8 Å². The van der Waals surface area contributed by atoms with Crippen LogP contribution in [0.4, 0.5) is 0 Å². The average molecular weight is 231 g/mol. The third-order valence-corrected chi connectivity index (χ3v) is 2.93. The van der Waals surface area contributed by atoms with Crippen LogP contribution in [0, 0.1) is 0 Å². The quantitative estimate of drug-likeness (QED) is 0.731. The van der Waals surface area contributed by atoms with Crippen LogP contribution in [0.3, 0.4) is 0 Å². The van der Waals surface area contributed by atoms with Crippen LogP contribution >= 0.6 is 0 Å². The molecule has 0 amide bonds. The summed E-state index contributed by atoms with van der Waals surface area (Å²) in [5, 5.41) is 0. The Balaban J connectivity index is 2.40. The van der Waals surface area contributed by atoms with E-state index < -0.39 is 0 Å².